The zero-order chi connectivity index (χ0) is 19.1. The van der Waals surface area contributed by atoms with Crippen molar-refractivity contribution in [3.63, 3.8) is 0 Å². The summed E-state index contributed by atoms with van der Waals surface area (Å²) in [6, 6.07) is 10.1. The average molecular weight is 383 g/mol. The van der Waals surface area contributed by atoms with E-state index in [9.17, 15) is 8.42 Å². The molecule has 1 aromatic carbocycles. The van der Waals surface area contributed by atoms with Crippen LogP contribution in [0.2, 0.25) is 0 Å². The maximum Gasteiger partial charge on any atom is 0.264 e. The number of rotatable bonds is 8. The van der Waals surface area contributed by atoms with Crippen LogP contribution in [0, 0.1) is 5.41 Å². The zero-order valence-corrected chi connectivity index (χ0v) is 17.0. The summed E-state index contributed by atoms with van der Waals surface area (Å²) in [7, 11) is -3.48. The lowest BCUT2D eigenvalue weighted by Gasteiger charge is -2.41. The molecule has 2 fully saturated rings. The third kappa shape index (κ3) is 3.70. The summed E-state index contributed by atoms with van der Waals surface area (Å²) in [5, 5.41) is 0. The van der Waals surface area contributed by atoms with Gasteiger partial charge in [-0.2, -0.15) is 8.42 Å². The Kier molecular flexibility index (Phi) is 5.25. The highest BCUT2D eigenvalue weighted by molar-refractivity contribution is 7.85. The summed E-state index contributed by atoms with van der Waals surface area (Å²) in [6.45, 7) is 6.89. The number of benzene rings is 1. The van der Waals surface area contributed by atoms with Crippen molar-refractivity contribution in [3.05, 3.63) is 35.9 Å². The first-order chi connectivity index (χ1) is 12.1. The number of ether oxygens (including phenoxy) is 2. The highest BCUT2D eigenvalue weighted by Crippen LogP contribution is 2.60. The van der Waals surface area contributed by atoms with Crippen molar-refractivity contribution in [1.29, 1.82) is 0 Å². The number of hydrogen-bond acceptors (Lipinski definition) is 5. The first kappa shape index (κ1) is 19.8. The van der Waals surface area contributed by atoms with Crippen LogP contribution in [0.1, 0.15) is 52.0 Å². The average Bonchev–Trinajstić information content (AvgIpc) is 3.15. The molecule has 0 saturated carbocycles. The first-order valence-electron chi connectivity index (χ1n) is 9.32. The summed E-state index contributed by atoms with van der Waals surface area (Å²) >= 11 is 0. The number of fused-ring (bicyclic) bond motifs is 2. The summed E-state index contributed by atoms with van der Waals surface area (Å²) < 4.78 is 41.0. The molecule has 6 heteroatoms. The molecule has 0 aliphatic carbocycles. The van der Waals surface area contributed by atoms with Crippen molar-refractivity contribution in [2.45, 2.75) is 70.4 Å². The molecule has 0 radical (unpaired) electrons. The van der Waals surface area contributed by atoms with Gasteiger partial charge in [0.2, 0.25) is 0 Å². The molecule has 3 unspecified atom stereocenters. The lowest BCUT2D eigenvalue weighted by Crippen LogP contribution is -2.47. The third-order valence-corrected chi connectivity index (χ3v) is 6.76. The van der Waals surface area contributed by atoms with Gasteiger partial charge in [-0.05, 0) is 24.8 Å². The fourth-order valence-corrected chi connectivity index (χ4v) is 4.87. The van der Waals surface area contributed by atoms with Crippen LogP contribution in [0.3, 0.4) is 0 Å². The monoisotopic (exact) mass is 382 g/mol. The quantitative estimate of drug-likeness (QED) is 0.642. The van der Waals surface area contributed by atoms with E-state index >= 15 is 0 Å². The van der Waals surface area contributed by atoms with Crippen LogP contribution in [0.5, 0.6) is 0 Å². The molecule has 2 saturated heterocycles. The van der Waals surface area contributed by atoms with E-state index in [1.165, 1.54) is 0 Å². The van der Waals surface area contributed by atoms with Gasteiger partial charge in [-0.25, -0.2) is 0 Å². The van der Waals surface area contributed by atoms with E-state index in [4.69, 9.17) is 13.7 Å². The van der Waals surface area contributed by atoms with Crippen molar-refractivity contribution in [1.82, 2.24) is 0 Å². The second-order valence-corrected chi connectivity index (χ2v) is 10.00. The van der Waals surface area contributed by atoms with Gasteiger partial charge in [0.15, 0.2) is 0 Å². The Bertz CT molecular complexity index is 730. The SMILES string of the molecule is CCC12CCC(C(C)(C)COS(C)(=O)=O)(CC1OCc1ccccc1)O2. The molecular weight excluding hydrogens is 352 g/mol. The van der Waals surface area contributed by atoms with E-state index in [-0.39, 0.29) is 18.3 Å². The minimum atomic E-state index is -3.48. The van der Waals surface area contributed by atoms with Crippen molar-refractivity contribution >= 4 is 10.1 Å². The van der Waals surface area contributed by atoms with Crippen LogP contribution in [-0.2, 0) is 30.4 Å². The molecule has 0 aromatic heterocycles. The van der Waals surface area contributed by atoms with E-state index in [0.29, 0.717) is 6.61 Å². The van der Waals surface area contributed by atoms with Gasteiger partial charge in [-0.1, -0.05) is 51.1 Å². The second kappa shape index (κ2) is 6.89. The third-order valence-electron chi connectivity index (χ3n) is 6.21. The van der Waals surface area contributed by atoms with Crippen LogP contribution in [0.25, 0.3) is 0 Å². The normalized spacial score (nSPS) is 31.5. The molecule has 146 valence electrons. The topological polar surface area (TPSA) is 61.8 Å². The zero-order valence-electron chi connectivity index (χ0n) is 16.2. The molecule has 5 nitrogen and oxygen atoms in total. The molecule has 1 aromatic rings. The fourth-order valence-electron chi connectivity index (χ4n) is 4.36. The molecule has 3 atom stereocenters. The summed E-state index contributed by atoms with van der Waals surface area (Å²) in [5.41, 5.74) is 0.0413. The lowest BCUT2D eigenvalue weighted by molar-refractivity contribution is -0.135. The molecule has 3 rings (SSSR count). The van der Waals surface area contributed by atoms with E-state index < -0.39 is 21.1 Å². The molecule has 0 amide bonds. The molecule has 0 spiro atoms. The van der Waals surface area contributed by atoms with Crippen LogP contribution in [0.15, 0.2) is 30.3 Å². The van der Waals surface area contributed by atoms with Gasteiger partial charge in [-0.15, -0.1) is 0 Å². The van der Waals surface area contributed by atoms with Crippen molar-refractivity contribution < 1.29 is 22.1 Å². The summed E-state index contributed by atoms with van der Waals surface area (Å²) in [4.78, 5) is 0. The van der Waals surface area contributed by atoms with Crippen molar-refractivity contribution in [2.24, 2.45) is 5.41 Å². The van der Waals surface area contributed by atoms with Gasteiger partial charge in [0.25, 0.3) is 10.1 Å². The van der Waals surface area contributed by atoms with Crippen LogP contribution < -0.4 is 0 Å². The van der Waals surface area contributed by atoms with E-state index in [1.807, 2.05) is 32.0 Å². The Morgan fingerprint density at radius 2 is 1.92 bits per heavy atom. The van der Waals surface area contributed by atoms with Gasteiger partial charge in [0.1, 0.15) is 0 Å². The van der Waals surface area contributed by atoms with Gasteiger partial charge >= 0.3 is 0 Å². The lowest BCUT2D eigenvalue weighted by atomic mass is 9.67. The predicted molar refractivity (Wildman–Crippen MR) is 100 cm³/mol. The van der Waals surface area contributed by atoms with Gasteiger partial charge in [0.05, 0.1) is 36.8 Å². The summed E-state index contributed by atoms with van der Waals surface area (Å²) in [6.07, 6.45) is 4.61. The second-order valence-electron chi connectivity index (χ2n) is 8.35. The Balaban J connectivity index is 1.74. The van der Waals surface area contributed by atoms with E-state index in [2.05, 4.69) is 19.1 Å². The van der Waals surface area contributed by atoms with Gasteiger partial charge in [0, 0.05) is 11.8 Å². The van der Waals surface area contributed by atoms with Gasteiger partial charge < -0.3 is 9.47 Å². The molecule has 2 aliphatic rings. The van der Waals surface area contributed by atoms with E-state index in [0.717, 1.165) is 37.5 Å². The highest BCUT2D eigenvalue weighted by atomic mass is 32.2. The number of hydrogen-bond donors (Lipinski definition) is 0. The Morgan fingerprint density at radius 3 is 2.54 bits per heavy atom. The Morgan fingerprint density at radius 1 is 1.23 bits per heavy atom. The smallest absolute Gasteiger partial charge is 0.264 e. The van der Waals surface area contributed by atoms with Crippen molar-refractivity contribution in [2.75, 3.05) is 12.9 Å². The molecule has 0 N–H and O–H groups in total. The molecule has 2 aliphatic heterocycles. The molecule has 2 bridgehead atoms. The molecule has 2 heterocycles. The maximum atomic E-state index is 11.5. The standard InChI is InChI=1S/C20H30O5S/c1-5-19-11-12-20(25-19,18(2,3)15-24-26(4,21)22)13-17(19)23-14-16-9-7-6-8-10-16/h6-10,17H,5,11-15H2,1-4H3. The van der Waals surface area contributed by atoms with Crippen molar-refractivity contribution in [3.8, 4) is 0 Å². The molecule has 26 heavy (non-hydrogen) atoms. The maximum absolute atomic E-state index is 11.5. The minimum absolute atomic E-state index is 0.0129. The van der Waals surface area contributed by atoms with Crippen LogP contribution >= 0.6 is 0 Å². The minimum Gasteiger partial charge on any atom is -0.370 e. The fraction of sp³-hybridized carbons (Fsp3) is 0.700. The summed E-state index contributed by atoms with van der Waals surface area (Å²) in [5.74, 6) is 0. The van der Waals surface area contributed by atoms with Crippen LogP contribution in [0.4, 0.5) is 0 Å². The predicted octanol–water partition coefficient (Wildman–Crippen LogP) is 3.68. The Hall–Kier alpha value is -0.950. The molecular formula is C20H30O5S. The highest BCUT2D eigenvalue weighted by Gasteiger charge is 2.66. The van der Waals surface area contributed by atoms with Gasteiger partial charge in [-0.3, -0.25) is 4.18 Å². The van der Waals surface area contributed by atoms with E-state index in [1.54, 1.807) is 0 Å². The first-order valence-corrected chi connectivity index (χ1v) is 11.1. The van der Waals surface area contributed by atoms with Crippen LogP contribution in [-0.4, -0.2) is 38.6 Å². The largest absolute Gasteiger partial charge is 0.370 e. The Labute approximate surface area is 157 Å².